The van der Waals surface area contributed by atoms with Gasteiger partial charge in [-0.05, 0) is 74.9 Å². The van der Waals surface area contributed by atoms with E-state index in [9.17, 15) is 9.59 Å². The molecular formula is C26H34N2O3. The first-order valence-electron chi connectivity index (χ1n) is 11.3. The molecule has 5 nitrogen and oxygen atoms in total. The Kier molecular flexibility index (Phi) is 8.65. The van der Waals surface area contributed by atoms with E-state index in [0.717, 1.165) is 43.5 Å². The van der Waals surface area contributed by atoms with Crippen LogP contribution in [0.2, 0.25) is 0 Å². The van der Waals surface area contributed by atoms with Crippen LogP contribution in [0, 0.1) is 11.8 Å². The van der Waals surface area contributed by atoms with Crippen molar-refractivity contribution in [1.82, 2.24) is 10.6 Å². The molecular weight excluding hydrogens is 388 g/mol. The molecule has 166 valence electrons. The van der Waals surface area contributed by atoms with Crippen LogP contribution in [0.3, 0.4) is 0 Å². The zero-order valence-electron chi connectivity index (χ0n) is 18.6. The molecule has 1 aliphatic rings. The second-order valence-electron chi connectivity index (χ2n) is 8.48. The zero-order chi connectivity index (χ0) is 22.1. The van der Waals surface area contributed by atoms with E-state index in [2.05, 4.69) is 10.6 Å². The maximum Gasteiger partial charge on any atom is 0.310 e. The second-order valence-corrected chi connectivity index (χ2v) is 8.48. The standard InChI is InChI=1S/C26H34N2O3/c1-19(24(26(30)31-2)12-6-8-20-9-7-17-27-18-20)28-25(29)23-15-13-22(14-16-23)21-10-4-3-5-11-21/h3-5,10-11,13-16,19-20,24,27H,6-9,12,17-18H2,1-2H3,(H,28,29)/t19?,20?,24-/m1/s1. The minimum atomic E-state index is -0.339. The van der Waals surface area contributed by atoms with Crippen LogP contribution in [0.15, 0.2) is 54.6 Å². The first-order chi connectivity index (χ1) is 15.1. The smallest absolute Gasteiger partial charge is 0.310 e. The summed E-state index contributed by atoms with van der Waals surface area (Å²) in [5, 5.41) is 6.45. The quantitative estimate of drug-likeness (QED) is 0.587. The van der Waals surface area contributed by atoms with Gasteiger partial charge in [-0.2, -0.15) is 0 Å². The van der Waals surface area contributed by atoms with E-state index in [1.54, 1.807) is 0 Å². The Morgan fingerprint density at radius 2 is 1.81 bits per heavy atom. The number of piperidine rings is 1. The van der Waals surface area contributed by atoms with Crippen LogP contribution in [0.1, 0.15) is 49.4 Å². The van der Waals surface area contributed by atoms with Gasteiger partial charge in [0.1, 0.15) is 0 Å². The van der Waals surface area contributed by atoms with E-state index in [4.69, 9.17) is 4.74 Å². The van der Waals surface area contributed by atoms with Crippen molar-refractivity contribution in [3.8, 4) is 11.1 Å². The molecule has 2 unspecified atom stereocenters. The second kappa shape index (κ2) is 11.7. The van der Waals surface area contributed by atoms with Gasteiger partial charge in [0.05, 0.1) is 13.0 Å². The molecule has 1 amide bonds. The van der Waals surface area contributed by atoms with Crippen molar-refractivity contribution in [2.24, 2.45) is 11.8 Å². The van der Waals surface area contributed by atoms with Crippen molar-refractivity contribution in [3.63, 3.8) is 0 Å². The van der Waals surface area contributed by atoms with Crippen molar-refractivity contribution in [1.29, 1.82) is 0 Å². The van der Waals surface area contributed by atoms with Gasteiger partial charge in [-0.1, -0.05) is 48.9 Å². The van der Waals surface area contributed by atoms with Gasteiger partial charge in [0, 0.05) is 11.6 Å². The van der Waals surface area contributed by atoms with Gasteiger partial charge in [0.2, 0.25) is 0 Å². The fraction of sp³-hybridized carbons (Fsp3) is 0.462. The molecule has 1 saturated heterocycles. The zero-order valence-corrected chi connectivity index (χ0v) is 18.6. The van der Waals surface area contributed by atoms with Crippen molar-refractivity contribution >= 4 is 11.9 Å². The summed E-state index contributed by atoms with van der Waals surface area (Å²) in [5.74, 6) is -0.0827. The first-order valence-corrected chi connectivity index (χ1v) is 11.3. The number of nitrogens with one attached hydrogen (secondary N) is 2. The molecule has 31 heavy (non-hydrogen) atoms. The lowest BCUT2D eigenvalue weighted by molar-refractivity contribution is -0.146. The van der Waals surface area contributed by atoms with Gasteiger partial charge >= 0.3 is 5.97 Å². The molecule has 0 aliphatic carbocycles. The lowest BCUT2D eigenvalue weighted by atomic mass is 9.89. The minimum Gasteiger partial charge on any atom is -0.469 e. The Balaban J connectivity index is 1.56. The van der Waals surface area contributed by atoms with Crippen LogP contribution >= 0.6 is 0 Å². The maximum absolute atomic E-state index is 12.8. The molecule has 1 heterocycles. The first kappa shape index (κ1) is 23.0. The molecule has 2 aromatic rings. The molecule has 3 atom stereocenters. The predicted octanol–water partition coefficient (Wildman–Crippen LogP) is 4.43. The van der Waals surface area contributed by atoms with Crippen molar-refractivity contribution in [2.45, 2.75) is 45.1 Å². The topological polar surface area (TPSA) is 67.4 Å². The number of methoxy groups -OCH3 is 1. The lowest BCUT2D eigenvalue weighted by Gasteiger charge is -2.25. The lowest BCUT2D eigenvalue weighted by Crippen LogP contribution is -2.42. The monoisotopic (exact) mass is 422 g/mol. The number of amides is 1. The van der Waals surface area contributed by atoms with Gasteiger partial charge in [0.25, 0.3) is 5.91 Å². The third-order valence-corrected chi connectivity index (χ3v) is 6.25. The molecule has 3 rings (SSSR count). The number of hydrogen-bond acceptors (Lipinski definition) is 4. The van der Waals surface area contributed by atoms with Crippen LogP contribution in [0.25, 0.3) is 11.1 Å². The summed E-state index contributed by atoms with van der Waals surface area (Å²) in [6.07, 6.45) is 5.25. The summed E-state index contributed by atoms with van der Waals surface area (Å²) in [5.41, 5.74) is 2.76. The molecule has 5 heteroatoms. The third kappa shape index (κ3) is 6.66. The summed E-state index contributed by atoms with van der Waals surface area (Å²) < 4.78 is 5.03. The normalized spacial score (nSPS) is 18.1. The number of esters is 1. The van der Waals surface area contributed by atoms with Gasteiger partial charge in [-0.25, -0.2) is 0 Å². The molecule has 0 radical (unpaired) electrons. The summed E-state index contributed by atoms with van der Waals surface area (Å²) >= 11 is 0. The summed E-state index contributed by atoms with van der Waals surface area (Å²) in [7, 11) is 1.41. The van der Waals surface area contributed by atoms with Crippen LogP contribution in [0.5, 0.6) is 0 Å². The van der Waals surface area contributed by atoms with Gasteiger partial charge in [-0.3, -0.25) is 9.59 Å². The molecule has 2 N–H and O–H groups in total. The number of benzene rings is 2. The van der Waals surface area contributed by atoms with Crippen molar-refractivity contribution in [2.75, 3.05) is 20.2 Å². The Morgan fingerprint density at radius 3 is 2.45 bits per heavy atom. The number of carbonyl (C=O) groups is 2. The summed E-state index contributed by atoms with van der Waals surface area (Å²) in [6, 6.07) is 17.3. The van der Waals surface area contributed by atoms with E-state index in [0.29, 0.717) is 11.5 Å². The maximum atomic E-state index is 12.8. The minimum absolute atomic E-state index is 0.169. The molecule has 2 aromatic carbocycles. The Morgan fingerprint density at radius 1 is 1.10 bits per heavy atom. The highest BCUT2D eigenvalue weighted by Gasteiger charge is 2.27. The van der Waals surface area contributed by atoms with Crippen LogP contribution in [-0.4, -0.2) is 38.1 Å². The van der Waals surface area contributed by atoms with E-state index in [1.807, 2.05) is 61.5 Å². The largest absolute Gasteiger partial charge is 0.469 e. The average Bonchev–Trinajstić information content (AvgIpc) is 2.82. The van der Waals surface area contributed by atoms with Crippen LogP contribution in [0.4, 0.5) is 0 Å². The van der Waals surface area contributed by atoms with Crippen LogP contribution < -0.4 is 10.6 Å². The van der Waals surface area contributed by atoms with Crippen LogP contribution in [-0.2, 0) is 9.53 Å². The highest BCUT2D eigenvalue weighted by molar-refractivity contribution is 5.95. The highest BCUT2D eigenvalue weighted by Crippen LogP contribution is 2.22. The summed E-state index contributed by atoms with van der Waals surface area (Å²) in [4.78, 5) is 25.1. The van der Waals surface area contributed by atoms with Crippen molar-refractivity contribution in [3.05, 3.63) is 60.2 Å². The third-order valence-electron chi connectivity index (χ3n) is 6.25. The van der Waals surface area contributed by atoms with E-state index in [-0.39, 0.29) is 23.8 Å². The van der Waals surface area contributed by atoms with Gasteiger partial charge in [0.15, 0.2) is 0 Å². The molecule has 0 aromatic heterocycles. The van der Waals surface area contributed by atoms with E-state index in [1.165, 1.54) is 20.0 Å². The Hall–Kier alpha value is -2.66. The Labute approximate surface area is 185 Å². The fourth-order valence-electron chi connectivity index (χ4n) is 4.36. The Bertz CT molecular complexity index is 829. The predicted molar refractivity (Wildman–Crippen MR) is 124 cm³/mol. The number of carbonyl (C=O) groups excluding carboxylic acids is 2. The molecule has 0 bridgehead atoms. The van der Waals surface area contributed by atoms with Gasteiger partial charge < -0.3 is 15.4 Å². The van der Waals surface area contributed by atoms with Crippen molar-refractivity contribution < 1.29 is 14.3 Å². The number of hydrogen-bond donors (Lipinski definition) is 2. The van der Waals surface area contributed by atoms with E-state index < -0.39 is 0 Å². The SMILES string of the molecule is COC(=O)[C@H](CCCC1CCCNC1)C(C)NC(=O)c1ccc(-c2ccccc2)cc1. The number of ether oxygens (including phenoxy) is 1. The molecule has 0 spiro atoms. The molecule has 1 aliphatic heterocycles. The molecule has 0 saturated carbocycles. The highest BCUT2D eigenvalue weighted by atomic mass is 16.5. The molecule has 1 fully saturated rings. The fourth-order valence-corrected chi connectivity index (χ4v) is 4.36. The van der Waals surface area contributed by atoms with E-state index >= 15 is 0 Å². The summed E-state index contributed by atoms with van der Waals surface area (Å²) in [6.45, 7) is 4.06. The average molecular weight is 423 g/mol. The van der Waals surface area contributed by atoms with Gasteiger partial charge in [-0.15, -0.1) is 0 Å². The number of rotatable bonds is 9.